The standard InChI is InChI=1S/C25H33N3O3.HI/c1-4-26-25(27-18-22(29)21-10-11-23(30-2)24(17-21)31-3)28-14-12-20(13-15-28)16-19-8-6-5-7-9-19;/h5-11,16-17,22,29H,4,12-15,18H2,1-3H3,(H,26,27);1H. The summed E-state index contributed by atoms with van der Waals surface area (Å²) in [6.07, 6.45) is 3.60. The number of aliphatic hydroxyl groups is 1. The number of aliphatic imine (C=N–C) groups is 1. The van der Waals surface area contributed by atoms with Crippen molar-refractivity contribution in [3.05, 3.63) is 65.2 Å². The Morgan fingerprint density at radius 1 is 1.09 bits per heavy atom. The van der Waals surface area contributed by atoms with Crippen LogP contribution in [0.3, 0.4) is 0 Å². The van der Waals surface area contributed by atoms with Crippen molar-refractivity contribution in [2.45, 2.75) is 25.9 Å². The van der Waals surface area contributed by atoms with Gasteiger partial charge in [0.2, 0.25) is 0 Å². The summed E-state index contributed by atoms with van der Waals surface area (Å²) in [5.74, 6) is 2.09. The van der Waals surface area contributed by atoms with Crippen molar-refractivity contribution in [3.63, 3.8) is 0 Å². The molecule has 1 heterocycles. The fraction of sp³-hybridized carbons (Fsp3) is 0.400. The molecule has 6 nitrogen and oxygen atoms in total. The minimum absolute atomic E-state index is 0. The van der Waals surface area contributed by atoms with Crippen LogP contribution in [0.4, 0.5) is 0 Å². The molecule has 1 saturated heterocycles. The number of likely N-dealkylation sites (tertiary alicyclic amines) is 1. The van der Waals surface area contributed by atoms with E-state index in [9.17, 15) is 5.11 Å². The molecule has 0 aromatic heterocycles. The third-order valence-electron chi connectivity index (χ3n) is 5.42. The summed E-state index contributed by atoms with van der Waals surface area (Å²) >= 11 is 0. The quantitative estimate of drug-likeness (QED) is 0.302. The van der Waals surface area contributed by atoms with Crippen molar-refractivity contribution in [2.75, 3.05) is 40.4 Å². The number of guanidine groups is 1. The molecule has 0 bridgehead atoms. The van der Waals surface area contributed by atoms with Gasteiger partial charge in [-0.05, 0) is 43.0 Å². The van der Waals surface area contributed by atoms with E-state index in [0.717, 1.165) is 44.0 Å². The normalized spacial score (nSPS) is 14.9. The summed E-state index contributed by atoms with van der Waals surface area (Å²) in [7, 11) is 3.19. The van der Waals surface area contributed by atoms with Gasteiger partial charge in [0, 0.05) is 19.6 Å². The number of methoxy groups -OCH3 is 2. The van der Waals surface area contributed by atoms with E-state index in [1.807, 2.05) is 12.1 Å². The maximum atomic E-state index is 10.7. The molecule has 0 aliphatic carbocycles. The Balaban J connectivity index is 0.00000363. The van der Waals surface area contributed by atoms with Crippen molar-refractivity contribution < 1.29 is 14.6 Å². The summed E-state index contributed by atoms with van der Waals surface area (Å²) in [6, 6.07) is 15.9. The molecular weight excluding hydrogens is 517 g/mol. The highest BCUT2D eigenvalue weighted by Gasteiger charge is 2.18. The maximum Gasteiger partial charge on any atom is 0.194 e. The van der Waals surface area contributed by atoms with Crippen LogP contribution in [-0.2, 0) is 0 Å². The second kappa shape index (κ2) is 13.3. The minimum Gasteiger partial charge on any atom is -0.493 e. The number of aliphatic hydroxyl groups excluding tert-OH is 1. The van der Waals surface area contributed by atoms with Crippen LogP contribution in [0.25, 0.3) is 6.08 Å². The fourth-order valence-corrected chi connectivity index (χ4v) is 3.70. The predicted octanol–water partition coefficient (Wildman–Crippen LogP) is 4.50. The summed E-state index contributed by atoms with van der Waals surface area (Å²) in [6.45, 7) is 4.95. The molecule has 0 radical (unpaired) electrons. The fourth-order valence-electron chi connectivity index (χ4n) is 3.70. The third kappa shape index (κ3) is 7.13. The Hall–Kier alpha value is -2.26. The Morgan fingerprint density at radius 2 is 1.78 bits per heavy atom. The van der Waals surface area contributed by atoms with E-state index in [4.69, 9.17) is 14.5 Å². The predicted molar refractivity (Wildman–Crippen MR) is 141 cm³/mol. The highest BCUT2D eigenvalue weighted by molar-refractivity contribution is 14.0. The van der Waals surface area contributed by atoms with E-state index >= 15 is 0 Å². The van der Waals surface area contributed by atoms with Crippen LogP contribution in [0, 0.1) is 0 Å². The number of nitrogens with one attached hydrogen (secondary N) is 1. The lowest BCUT2D eigenvalue weighted by molar-refractivity contribution is 0.186. The first kappa shape index (κ1) is 26.0. The largest absolute Gasteiger partial charge is 0.493 e. The molecule has 2 aromatic carbocycles. The number of rotatable bonds is 7. The summed E-state index contributed by atoms with van der Waals surface area (Å²) in [4.78, 5) is 6.98. The molecule has 3 rings (SSSR count). The first-order chi connectivity index (χ1) is 15.1. The molecule has 1 atom stereocenters. The number of halogens is 1. The molecule has 1 aliphatic rings. The zero-order valence-corrected chi connectivity index (χ0v) is 21.4. The number of hydrogen-bond acceptors (Lipinski definition) is 4. The molecule has 32 heavy (non-hydrogen) atoms. The van der Waals surface area contributed by atoms with Crippen molar-refractivity contribution in [1.82, 2.24) is 10.2 Å². The summed E-state index contributed by atoms with van der Waals surface area (Å²) < 4.78 is 10.6. The molecule has 0 spiro atoms. The van der Waals surface area contributed by atoms with Gasteiger partial charge < -0.3 is 24.8 Å². The average Bonchev–Trinajstić information content (AvgIpc) is 2.82. The van der Waals surface area contributed by atoms with Crippen LogP contribution in [0.5, 0.6) is 11.5 Å². The van der Waals surface area contributed by atoms with Gasteiger partial charge in [0.25, 0.3) is 0 Å². The lowest BCUT2D eigenvalue weighted by Gasteiger charge is -2.31. The second-order valence-electron chi connectivity index (χ2n) is 7.53. The average molecular weight is 551 g/mol. The van der Waals surface area contributed by atoms with Gasteiger partial charge in [0.15, 0.2) is 17.5 Å². The Labute approximate surface area is 208 Å². The summed E-state index contributed by atoms with van der Waals surface area (Å²) in [5.41, 5.74) is 3.47. The Kier molecular flexibility index (Phi) is 10.8. The Bertz CT molecular complexity index is 893. The van der Waals surface area contributed by atoms with E-state index in [1.54, 1.807) is 26.4 Å². The lowest BCUT2D eigenvalue weighted by Crippen LogP contribution is -2.44. The zero-order chi connectivity index (χ0) is 22.1. The van der Waals surface area contributed by atoms with Gasteiger partial charge in [-0.1, -0.05) is 48.0 Å². The lowest BCUT2D eigenvalue weighted by atomic mass is 10.0. The van der Waals surface area contributed by atoms with Crippen LogP contribution in [0.2, 0.25) is 0 Å². The Morgan fingerprint density at radius 3 is 2.41 bits per heavy atom. The molecule has 2 aromatic rings. The van der Waals surface area contributed by atoms with Crippen molar-refractivity contribution in [3.8, 4) is 11.5 Å². The third-order valence-corrected chi connectivity index (χ3v) is 5.42. The van der Waals surface area contributed by atoms with Crippen LogP contribution < -0.4 is 14.8 Å². The van der Waals surface area contributed by atoms with Gasteiger partial charge >= 0.3 is 0 Å². The van der Waals surface area contributed by atoms with Crippen LogP contribution in [0.15, 0.2) is 59.1 Å². The molecule has 0 amide bonds. The number of ether oxygens (including phenoxy) is 2. The number of benzene rings is 2. The molecule has 7 heteroatoms. The van der Waals surface area contributed by atoms with E-state index in [1.165, 1.54) is 11.1 Å². The monoisotopic (exact) mass is 551 g/mol. The van der Waals surface area contributed by atoms with Gasteiger partial charge in [0.1, 0.15) is 0 Å². The molecule has 1 fully saturated rings. The molecule has 2 N–H and O–H groups in total. The minimum atomic E-state index is -0.716. The highest BCUT2D eigenvalue weighted by Crippen LogP contribution is 2.30. The van der Waals surface area contributed by atoms with Crippen molar-refractivity contribution in [2.24, 2.45) is 4.99 Å². The molecule has 174 valence electrons. The molecular formula is C25H34IN3O3. The smallest absolute Gasteiger partial charge is 0.194 e. The maximum absolute atomic E-state index is 10.7. The van der Waals surface area contributed by atoms with E-state index in [-0.39, 0.29) is 30.5 Å². The van der Waals surface area contributed by atoms with Crippen LogP contribution in [0.1, 0.15) is 37.0 Å². The van der Waals surface area contributed by atoms with E-state index in [2.05, 4.69) is 47.5 Å². The zero-order valence-electron chi connectivity index (χ0n) is 19.1. The second-order valence-corrected chi connectivity index (χ2v) is 7.53. The number of nitrogens with zero attached hydrogens (tertiary/aromatic N) is 2. The van der Waals surface area contributed by atoms with Crippen LogP contribution in [-0.4, -0.2) is 56.4 Å². The number of hydrogen-bond donors (Lipinski definition) is 2. The number of piperidine rings is 1. The van der Waals surface area contributed by atoms with Gasteiger partial charge in [0.05, 0.1) is 26.9 Å². The summed E-state index contributed by atoms with van der Waals surface area (Å²) in [5, 5.41) is 14.0. The van der Waals surface area contributed by atoms with Gasteiger partial charge in [-0.2, -0.15) is 0 Å². The van der Waals surface area contributed by atoms with E-state index < -0.39 is 6.10 Å². The van der Waals surface area contributed by atoms with Crippen molar-refractivity contribution in [1.29, 1.82) is 0 Å². The molecule has 1 unspecified atom stereocenters. The first-order valence-corrected chi connectivity index (χ1v) is 10.8. The van der Waals surface area contributed by atoms with Gasteiger partial charge in [-0.15, -0.1) is 24.0 Å². The molecule has 1 aliphatic heterocycles. The van der Waals surface area contributed by atoms with E-state index in [0.29, 0.717) is 11.5 Å². The first-order valence-electron chi connectivity index (χ1n) is 10.8. The topological polar surface area (TPSA) is 66.3 Å². The van der Waals surface area contributed by atoms with Gasteiger partial charge in [-0.3, -0.25) is 4.99 Å². The van der Waals surface area contributed by atoms with Crippen LogP contribution >= 0.6 is 24.0 Å². The van der Waals surface area contributed by atoms with Crippen molar-refractivity contribution >= 4 is 36.0 Å². The van der Waals surface area contributed by atoms with Gasteiger partial charge in [-0.25, -0.2) is 0 Å². The molecule has 0 saturated carbocycles. The SMILES string of the molecule is CCNC(=NCC(O)c1ccc(OC)c(OC)c1)N1CCC(=Cc2ccccc2)CC1.I. The highest BCUT2D eigenvalue weighted by atomic mass is 127.